The topological polar surface area (TPSA) is 67.4 Å². The fourth-order valence-corrected chi connectivity index (χ4v) is 3.81. The summed E-state index contributed by atoms with van der Waals surface area (Å²) in [6, 6.07) is 2.21. The van der Waals surface area contributed by atoms with Gasteiger partial charge in [-0.25, -0.2) is 8.78 Å². The monoisotopic (exact) mass is 428 g/mol. The molecule has 2 rings (SSSR count). The van der Waals surface area contributed by atoms with Gasteiger partial charge in [-0.15, -0.1) is 0 Å². The molecule has 2 N–H and O–H groups in total. The number of carbonyl (C=O) groups excluding carboxylic acids is 2. The molecule has 1 aromatic carbocycles. The van der Waals surface area contributed by atoms with Crippen molar-refractivity contribution in [3.8, 4) is 0 Å². The maximum Gasteiger partial charge on any atom is 0.255 e. The van der Waals surface area contributed by atoms with Gasteiger partial charge in [0.15, 0.2) is 0 Å². The lowest BCUT2D eigenvalue weighted by Crippen LogP contribution is -2.53. The lowest BCUT2D eigenvalue weighted by atomic mass is 9.90. The van der Waals surface area contributed by atoms with Gasteiger partial charge in [0.1, 0.15) is 17.7 Å². The first kappa shape index (κ1) is 23.6. The van der Waals surface area contributed by atoms with Crippen LogP contribution < -0.4 is 10.0 Å². The van der Waals surface area contributed by atoms with Gasteiger partial charge >= 0.3 is 0 Å². The van der Waals surface area contributed by atoms with Crippen LogP contribution in [0.5, 0.6) is 0 Å². The molecule has 2 atom stereocenters. The first-order valence-electron chi connectivity index (χ1n) is 10.1. The van der Waals surface area contributed by atoms with E-state index in [2.05, 4.69) is 10.0 Å². The van der Waals surface area contributed by atoms with E-state index in [9.17, 15) is 18.4 Å². The smallest absolute Gasteiger partial charge is 0.255 e. The second-order valence-corrected chi connectivity index (χ2v) is 8.67. The first-order valence-corrected chi connectivity index (χ1v) is 10.9. The number of amides is 2. The summed E-state index contributed by atoms with van der Waals surface area (Å²) in [6.45, 7) is 5.76. The average molecular weight is 429 g/mol. The summed E-state index contributed by atoms with van der Waals surface area (Å²) >= 11 is 0.743. The minimum atomic E-state index is -0.912. The van der Waals surface area contributed by atoms with Crippen molar-refractivity contribution in [2.24, 2.45) is 11.8 Å². The molecule has 0 saturated heterocycles. The number of hydrogen-bond donors (Lipinski definition) is 2. The number of rotatable bonds is 9. The molecule has 1 aliphatic carbocycles. The van der Waals surface area contributed by atoms with Crippen LogP contribution in [0.2, 0.25) is 0 Å². The quantitative estimate of drug-likeness (QED) is 0.578. The number of ether oxygens (including phenoxy) is 1. The summed E-state index contributed by atoms with van der Waals surface area (Å²) in [4.78, 5) is 25.0. The molecule has 0 spiro atoms. The second-order valence-electron chi connectivity index (χ2n) is 7.83. The number of nitrogens with one attached hydrogen (secondary N) is 2. The van der Waals surface area contributed by atoms with Crippen LogP contribution in [0.4, 0.5) is 8.78 Å². The Balaban J connectivity index is 1.98. The Kier molecular flexibility index (Phi) is 9.36. The van der Waals surface area contributed by atoms with Crippen LogP contribution in [0.25, 0.3) is 0 Å². The highest BCUT2D eigenvalue weighted by Gasteiger charge is 2.29. The van der Waals surface area contributed by atoms with Gasteiger partial charge in [-0.3, -0.25) is 14.3 Å². The van der Waals surface area contributed by atoms with Crippen LogP contribution in [-0.4, -0.2) is 30.6 Å². The Morgan fingerprint density at radius 1 is 1.14 bits per heavy atom. The number of hydrogen-bond acceptors (Lipinski definition) is 4. The van der Waals surface area contributed by atoms with Gasteiger partial charge in [0.05, 0.1) is 11.0 Å². The van der Waals surface area contributed by atoms with Crippen LogP contribution >= 0.6 is 11.9 Å². The summed E-state index contributed by atoms with van der Waals surface area (Å²) in [5, 5.41) is 2.72. The lowest BCUT2D eigenvalue weighted by Gasteiger charge is -2.28. The van der Waals surface area contributed by atoms with Crippen molar-refractivity contribution < 1.29 is 23.1 Å². The summed E-state index contributed by atoms with van der Waals surface area (Å²) in [5.41, 5.74) is 0. The molecule has 1 fully saturated rings. The van der Waals surface area contributed by atoms with E-state index < -0.39 is 29.7 Å². The molecule has 1 saturated carbocycles. The second kappa shape index (κ2) is 11.5. The molecular formula is C21H30F2N2O3S. The van der Waals surface area contributed by atoms with E-state index in [0.717, 1.165) is 36.9 Å². The van der Waals surface area contributed by atoms with Crippen LogP contribution in [0.15, 0.2) is 23.1 Å². The van der Waals surface area contributed by atoms with Gasteiger partial charge in [-0.2, -0.15) is 0 Å². The van der Waals surface area contributed by atoms with Crippen molar-refractivity contribution in [1.29, 1.82) is 0 Å². The highest BCUT2D eigenvalue weighted by molar-refractivity contribution is 7.98. The molecule has 0 heterocycles. The molecule has 29 heavy (non-hydrogen) atoms. The molecule has 0 bridgehead atoms. The summed E-state index contributed by atoms with van der Waals surface area (Å²) in [6.07, 6.45) is 5.31. The Labute approximate surface area is 175 Å². The SMILES string of the molecule is CC(C)C(=O)NC(C(=O)NSc1ccc(F)cc1F)C(C)OCC1CCCCC1. The normalized spacial score (nSPS) is 17.0. The maximum absolute atomic E-state index is 13.8. The van der Waals surface area contributed by atoms with Gasteiger partial charge in [0.2, 0.25) is 5.91 Å². The van der Waals surface area contributed by atoms with Crippen LogP contribution in [0, 0.1) is 23.5 Å². The Hall–Kier alpha value is -1.67. The Morgan fingerprint density at radius 2 is 1.83 bits per heavy atom. The van der Waals surface area contributed by atoms with Crippen LogP contribution in [0.3, 0.4) is 0 Å². The van der Waals surface area contributed by atoms with E-state index in [1.807, 2.05) is 0 Å². The van der Waals surface area contributed by atoms with Crippen LogP contribution in [-0.2, 0) is 14.3 Å². The summed E-state index contributed by atoms with van der Waals surface area (Å²) < 4.78 is 35.3. The standard InChI is InChI=1S/C21H30F2N2O3S/c1-13(2)20(26)24-19(14(3)28-12-15-7-5-4-6-8-15)21(27)25-29-18-10-9-16(22)11-17(18)23/h9-11,13-15,19H,4-8,12H2,1-3H3,(H,24,26)(H,25,27). The molecule has 1 aromatic rings. The number of halogens is 2. The summed E-state index contributed by atoms with van der Waals surface area (Å²) in [7, 11) is 0. The van der Waals surface area contributed by atoms with Gasteiger partial charge in [-0.05, 0) is 49.8 Å². The molecule has 2 unspecified atom stereocenters. The average Bonchev–Trinajstić information content (AvgIpc) is 2.69. The molecule has 2 amide bonds. The molecule has 162 valence electrons. The van der Waals surface area contributed by atoms with E-state index in [-0.39, 0.29) is 16.7 Å². The van der Waals surface area contributed by atoms with E-state index in [1.165, 1.54) is 25.3 Å². The van der Waals surface area contributed by atoms with Crippen molar-refractivity contribution in [3.05, 3.63) is 29.8 Å². The fraction of sp³-hybridized carbons (Fsp3) is 0.619. The van der Waals surface area contributed by atoms with E-state index in [1.54, 1.807) is 20.8 Å². The Morgan fingerprint density at radius 3 is 2.45 bits per heavy atom. The zero-order chi connectivity index (χ0) is 21.4. The third kappa shape index (κ3) is 7.59. The van der Waals surface area contributed by atoms with Crippen molar-refractivity contribution in [2.45, 2.75) is 69.9 Å². The van der Waals surface area contributed by atoms with Crippen molar-refractivity contribution >= 4 is 23.8 Å². The number of benzene rings is 1. The van der Waals surface area contributed by atoms with Crippen molar-refractivity contribution in [1.82, 2.24) is 10.0 Å². The van der Waals surface area contributed by atoms with E-state index >= 15 is 0 Å². The predicted octanol–water partition coefficient (Wildman–Crippen LogP) is 4.21. The molecule has 0 aromatic heterocycles. The van der Waals surface area contributed by atoms with E-state index in [4.69, 9.17) is 4.74 Å². The van der Waals surface area contributed by atoms with E-state index in [0.29, 0.717) is 12.5 Å². The lowest BCUT2D eigenvalue weighted by molar-refractivity contribution is -0.133. The molecule has 0 aliphatic heterocycles. The van der Waals surface area contributed by atoms with Gasteiger partial charge in [0.25, 0.3) is 5.91 Å². The highest BCUT2D eigenvalue weighted by atomic mass is 32.2. The molecule has 8 heteroatoms. The van der Waals surface area contributed by atoms with Crippen molar-refractivity contribution in [2.75, 3.05) is 6.61 Å². The molecule has 1 aliphatic rings. The van der Waals surface area contributed by atoms with Gasteiger partial charge in [0, 0.05) is 18.6 Å². The minimum Gasteiger partial charge on any atom is -0.376 e. The maximum atomic E-state index is 13.8. The zero-order valence-electron chi connectivity index (χ0n) is 17.2. The molecule has 5 nitrogen and oxygen atoms in total. The minimum absolute atomic E-state index is 0.0875. The third-order valence-electron chi connectivity index (χ3n) is 5.05. The van der Waals surface area contributed by atoms with Gasteiger partial charge < -0.3 is 10.1 Å². The Bertz CT molecular complexity index is 697. The third-order valence-corrected chi connectivity index (χ3v) is 5.90. The van der Waals surface area contributed by atoms with Crippen molar-refractivity contribution in [3.63, 3.8) is 0 Å². The molecular weight excluding hydrogens is 398 g/mol. The zero-order valence-corrected chi connectivity index (χ0v) is 18.0. The fourth-order valence-electron chi connectivity index (χ4n) is 3.18. The van der Waals surface area contributed by atoms with Gasteiger partial charge in [-0.1, -0.05) is 33.1 Å². The predicted molar refractivity (Wildman–Crippen MR) is 109 cm³/mol. The summed E-state index contributed by atoms with van der Waals surface area (Å²) in [5.74, 6) is -2.04. The number of carbonyl (C=O) groups is 2. The first-order chi connectivity index (χ1) is 13.8. The van der Waals surface area contributed by atoms with Crippen LogP contribution in [0.1, 0.15) is 52.9 Å². The largest absolute Gasteiger partial charge is 0.376 e. The molecule has 0 radical (unpaired) electrons. The highest BCUT2D eigenvalue weighted by Crippen LogP contribution is 2.24.